The normalized spacial score (nSPS) is 25.8. The summed E-state index contributed by atoms with van der Waals surface area (Å²) in [6, 6.07) is 0. The van der Waals surface area contributed by atoms with Gasteiger partial charge in [0.25, 0.3) is 0 Å². The molecule has 2 atom stereocenters. The molecule has 1 saturated heterocycles. The molecule has 0 saturated carbocycles. The lowest BCUT2D eigenvalue weighted by molar-refractivity contribution is 0.0308. The fourth-order valence-electron chi connectivity index (χ4n) is 2.35. The molecular weight excluding hydrogens is 230 g/mol. The number of aliphatic hydroxyl groups excluding tert-OH is 1. The van der Waals surface area contributed by atoms with Gasteiger partial charge in [-0.15, -0.1) is 0 Å². The van der Waals surface area contributed by atoms with Crippen LogP contribution in [-0.2, 0) is 13.0 Å². The Morgan fingerprint density at radius 3 is 2.94 bits per heavy atom. The van der Waals surface area contributed by atoms with E-state index in [1.165, 1.54) is 0 Å². The van der Waals surface area contributed by atoms with Gasteiger partial charge in [-0.1, -0.05) is 25.9 Å². The number of aliphatic hydroxyl groups is 1. The zero-order valence-electron chi connectivity index (χ0n) is 11.5. The number of rotatable bonds is 4. The Balaban J connectivity index is 1.87. The summed E-state index contributed by atoms with van der Waals surface area (Å²) in [6.07, 6.45) is 1.50. The van der Waals surface area contributed by atoms with Crippen molar-refractivity contribution in [3.05, 3.63) is 11.7 Å². The standard InChI is InChI=1S/C13H23N3O2/c1-9(2)6-13-14-12(15-18-13)8-16-5-4-11(17)10(3)7-16/h9-11,17H,4-8H2,1-3H3. The highest BCUT2D eigenvalue weighted by Crippen LogP contribution is 2.18. The van der Waals surface area contributed by atoms with Crippen molar-refractivity contribution in [2.75, 3.05) is 13.1 Å². The summed E-state index contributed by atoms with van der Waals surface area (Å²) in [7, 11) is 0. The summed E-state index contributed by atoms with van der Waals surface area (Å²) < 4.78 is 5.23. The molecule has 1 aromatic heterocycles. The predicted molar refractivity (Wildman–Crippen MR) is 67.9 cm³/mol. The largest absolute Gasteiger partial charge is 0.393 e. The lowest BCUT2D eigenvalue weighted by Crippen LogP contribution is -2.41. The molecule has 0 aromatic carbocycles. The number of hydrogen-bond donors (Lipinski definition) is 1. The Hall–Kier alpha value is -0.940. The third kappa shape index (κ3) is 3.53. The molecule has 1 aliphatic heterocycles. The number of likely N-dealkylation sites (tertiary alicyclic amines) is 1. The second-order valence-corrected chi connectivity index (χ2v) is 5.77. The highest BCUT2D eigenvalue weighted by atomic mass is 16.5. The van der Waals surface area contributed by atoms with Crippen molar-refractivity contribution in [3.8, 4) is 0 Å². The molecule has 0 radical (unpaired) electrons. The van der Waals surface area contributed by atoms with E-state index in [9.17, 15) is 5.11 Å². The first kappa shape index (κ1) is 13.5. The molecule has 102 valence electrons. The molecule has 1 fully saturated rings. The highest BCUT2D eigenvalue weighted by molar-refractivity contribution is 4.89. The third-order valence-corrected chi connectivity index (χ3v) is 3.40. The molecule has 0 spiro atoms. The Labute approximate surface area is 108 Å². The minimum Gasteiger partial charge on any atom is -0.393 e. The van der Waals surface area contributed by atoms with E-state index in [1.54, 1.807) is 0 Å². The first-order chi connectivity index (χ1) is 8.54. The van der Waals surface area contributed by atoms with Crippen molar-refractivity contribution >= 4 is 0 Å². The van der Waals surface area contributed by atoms with Gasteiger partial charge in [0, 0.05) is 19.5 Å². The minimum absolute atomic E-state index is 0.164. The Morgan fingerprint density at radius 2 is 2.28 bits per heavy atom. The van der Waals surface area contributed by atoms with E-state index in [-0.39, 0.29) is 6.10 Å². The van der Waals surface area contributed by atoms with Gasteiger partial charge < -0.3 is 9.63 Å². The average molecular weight is 253 g/mol. The van der Waals surface area contributed by atoms with Gasteiger partial charge in [-0.3, -0.25) is 4.90 Å². The monoisotopic (exact) mass is 253 g/mol. The van der Waals surface area contributed by atoms with Crippen LogP contribution in [0.15, 0.2) is 4.52 Å². The van der Waals surface area contributed by atoms with Crippen LogP contribution in [0.3, 0.4) is 0 Å². The van der Waals surface area contributed by atoms with E-state index < -0.39 is 0 Å². The van der Waals surface area contributed by atoms with Crippen LogP contribution in [0.25, 0.3) is 0 Å². The number of piperidine rings is 1. The molecule has 2 unspecified atom stereocenters. The van der Waals surface area contributed by atoms with E-state index in [1.807, 2.05) is 0 Å². The SMILES string of the molecule is CC(C)Cc1nc(CN2CCC(O)C(C)C2)no1. The maximum absolute atomic E-state index is 9.69. The Bertz CT molecular complexity index is 378. The Morgan fingerprint density at radius 1 is 1.50 bits per heavy atom. The smallest absolute Gasteiger partial charge is 0.226 e. The van der Waals surface area contributed by atoms with Crippen LogP contribution in [-0.4, -0.2) is 39.3 Å². The summed E-state index contributed by atoms with van der Waals surface area (Å²) in [6.45, 7) is 8.87. The van der Waals surface area contributed by atoms with Gasteiger partial charge in [-0.05, 0) is 18.3 Å². The van der Waals surface area contributed by atoms with Crippen LogP contribution in [0.4, 0.5) is 0 Å². The summed E-state index contributed by atoms with van der Waals surface area (Å²) in [4.78, 5) is 6.69. The van der Waals surface area contributed by atoms with Crippen molar-refractivity contribution in [1.29, 1.82) is 0 Å². The number of aromatic nitrogens is 2. The molecule has 1 aliphatic rings. The van der Waals surface area contributed by atoms with Gasteiger partial charge in [0.05, 0.1) is 12.6 Å². The molecule has 5 heteroatoms. The van der Waals surface area contributed by atoms with Crippen molar-refractivity contribution in [2.24, 2.45) is 11.8 Å². The average Bonchev–Trinajstić information content (AvgIpc) is 2.70. The van der Waals surface area contributed by atoms with Crippen LogP contribution >= 0.6 is 0 Å². The van der Waals surface area contributed by atoms with Crippen molar-refractivity contribution < 1.29 is 9.63 Å². The molecule has 0 amide bonds. The summed E-state index contributed by atoms with van der Waals surface area (Å²) >= 11 is 0. The fourth-order valence-corrected chi connectivity index (χ4v) is 2.35. The predicted octanol–water partition coefficient (Wildman–Crippen LogP) is 1.47. The zero-order valence-corrected chi connectivity index (χ0v) is 11.5. The van der Waals surface area contributed by atoms with Crippen LogP contribution in [0.1, 0.15) is 38.9 Å². The lowest BCUT2D eigenvalue weighted by atomic mass is 9.97. The third-order valence-electron chi connectivity index (χ3n) is 3.40. The molecule has 18 heavy (non-hydrogen) atoms. The van der Waals surface area contributed by atoms with Crippen LogP contribution in [0.5, 0.6) is 0 Å². The molecule has 2 rings (SSSR count). The van der Waals surface area contributed by atoms with Gasteiger partial charge in [-0.2, -0.15) is 4.98 Å². The first-order valence-electron chi connectivity index (χ1n) is 6.76. The molecule has 1 aromatic rings. The van der Waals surface area contributed by atoms with E-state index in [4.69, 9.17) is 4.52 Å². The zero-order chi connectivity index (χ0) is 13.1. The summed E-state index contributed by atoms with van der Waals surface area (Å²) in [5, 5.41) is 13.7. The van der Waals surface area contributed by atoms with Gasteiger partial charge >= 0.3 is 0 Å². The fraction of sp³-hybridized carbons (Fsp3) is 0.846. The van der Waals surface area contributed by atoms with E-state index in [2.05, 4.69) is 35.8 Å². The van der Waals surface area contributed by atoms with Crippen molar-refractivity contribution in [1.82, 2.24) is 15.0 Å². The molecule has 0 aliphatic carbocycles. The van der Waals surface area contributed by atoms with Crippen LogP contribution < -0.4 is 0 Å². The minimum atomic E-state index is -0.164. The van der Waals surface area contributed by atoms with Gasteiger partial charge in [0.2, 0.25) is 5.89 Å². The lowest BCUT2D eigenvalue weighted by Gasteiger charge is -2.33. The first-order valence-corrected chi connectivity index (χ1v) is 6.76. The maximum atomic E-state index is 9.69. The summed E-state index contributed by atoms with van der Waals surface area (Å²) in [5.41, 5.74) is 0. The van der Waals surface area contributed by atoms with Crippen LogP contribution in [0.2, 0.25) is 0 Å². The second-order valence-electron chi connectivity index (χ2n) is 5.77. The quantitative estimate of drug-likeness (QED) is 0.880. The number of nitrogens with zero attached hydrogens (tertiary/aromatic N) is 3. The topological polar surface area (TPSA) is 62.4 Å². The van der Waals surface area contributed by atoms with E-state index >= 15 is 0 Å². The van der Waals surface area contributed by atoms with Crippen molar-refractivity contribution in [2.45, 2.75) is 46.3 Å². The molecular formula is C13H23N3O2. The summed E-state index contributed by atoms with van der Waals surface area (Å²) in [5.74, 6) is 2.34. The molecule has 5 nitrogen and oxygen atoms in total. The molecule has 2 heterocycles. The highest BCUT2D eigenvalue weighted by Gasteiger charge is 2.25. The molecule has 0 bridgehead atoms. The Kier molecular flexibility index (Phi) is 4.35. The van der Waals surface area contributed by atoms with Crippen molar-refractivity contribution in [3.63, 3.8) is 0 Å². The second kappa shape index (κ2) is 5.80. The van der Waals surface area contributed by atoms with E-state index in [0.717, 1.165) is 44.2 Å². The van der Waals surface area contributed by atoms with Crippen LogP contribution in [0, 0.1) is 11.8 Å². The number of hydrogen-bond acceptors (Lipinski definition) is 5. The molecule has 1 N–H and O–H groups in total. The maximum Gasteiger partial charge on any atom is 0.226 e. The van der Waals surface area contributed by atoms with Gasteiger partial charge in [0.15, 0.2) is 5.82 Å². The van der Waals surface area contributed by atoms with Gasteiger partial charge in [0.1, 0.15) is 0 Å². The van der Waals surface area contributed by atoms with Gasteiger partial charge in [-0.25, -0.2) is 0 Å². The van der Waals surface area contributed by atoms with E-state index in [0.29, 0.717) is 11.8 Å².